The van der Waals surface area contributed by atoms with Crippen molar-refractivity contribution < 1.29 is 0 Å². The van der Waals surface area contributed by atoms with Crippen LogP contribution in [0.2, 0.25) is 0 Å². The predicted molar refractivity (Wildman–Crippen MR) is 74.1 cm³/mol. The van der Waals surface area contributed by atoms with Gasteiger partial charge in [-0.15, -0.1) is 0 Å². The Hall–Kier alpha value is -1.19. The summed E-state index contributed by atoms with van der Waals surface area (Å²) in [7, 11) is 1.92. The lowest BCUT2D eigenvalue weighted by Gasteiger charge is -2.16. The summed E-state index contributed by atoms with van der Waals surface area (Å²) < 4.78 is 1.82. The summed E-state index contributed by atoms with van der Waals surface area (Å²) >= 11 is 0. The average molecular weight is 238 g/mol. The van der Waals surface area contributed by atoms with Crippen molar-refractivity contribution in [3.8, 4) is 0 Å². The molecule has 1 unspecified atom stereocenters. The Morgan fingerprint density at radius 2 is 1.94 bits per heavy atom. The third-order valence-corrected chi connectivity index (χ3v) is 3.07. The average Bonchev–Trinajstić information content (AvgIpc) is 2.44. The third kappa shape index (κ3) is 3.95. The topological polar surface area (TPSA) is 55.9 Å². The van der Waals surface area contributed by atoms with E-state index in [0.717, 1.165) is 23.1 Å². The van der Waals surface area contributed by atoms with E-state index in [2.05, 4.69) is 31.2 Å². The maximum Gasteiger partial charge on any atom is 0.147 e. The van der Waals surface area contributed by atoms with E-state index in [0.29, 0.717) is 6.04 Å². The van der Waals surface area contributed by atoms with E-state index in [1.54, 1.807) is 0 Å². The first-order valence-corrected chi connectivity index (χ1v) is 6.47. The molecule has 0 saturated carbocycles. The molecule has 0 amide bonds. The second kappa shape index (κ2) is 5.94. The molecule has 1 aromatic rings. The number of nitrogen functional groups attached to an aromatic ring is 1. The summed E-state index contributed by atoms with van der Waals surface area (Å²) in [5, 5.41) is 7.75. The summed E-state index contributed by atoms with van der Waals surface area (Å²) in [5.74, 6) is 1.73. The van der Waals surface area contributed by atoms with Crippen molar-refractivity contribution in [1.29, 1.82) is 0 Å². The first-order chi connectivity index (χ1) is 7.91. The zero-order valence-electron chi connectivity index (χ0n) is 11.7. The SMILES string of the molecule is Cc1nn(C)c(NC(C)CCCC(C)C)c1N. The van der Waals surface area contributed by atoms with E-state index in [1.165, 1.54) is 19.3 Å². The zero-order chi connectivity index (χ0) is 13.0. The quantitative estimate of drug-likeness (QED) is 0.801. The number of hydrogen-bond donors (Lipinski definition) is 2. The first-order valence-electron chi connectivity index (χ1n) is 6.47. The van der Waals surface area contributed by atoms with Gasteiger partial charge in [0.2, 0.25) is 0 Å². The van der Waals surface area contributed by atoms with Crippen molar-refractivity contribution in [2.75, 3.05) is 11.1 Å². The smallest absolute Gasteiger partial charge is 0.147 e. The van der Waals surface area contributed by atoms with Crippen molar-refractivity contribution in [3.63, 3.8) is 0 Å². The third-order valence-electron chi connectivity index (χ3n) is 3.07. The van der Waals surface area contributed by atoms with Gasteiger partial charge in [-0.2, -0.15) is 5.10 Å². The Balaban J connectivity index is 2.47. The number of nitrogens with two attached hydrogens (primary N) is 1. The fourth-order valence-corrected chi connectivity index (χ4v) is 1.98. The van der Waals surface area contributed by atoms with Gasteiger partial charge in [0, 0.05) is 13.1 Å². The van der Waals surface area contributed by atoms with Crippen LogP contribution >= 0.6 is 0 Å². The van der Waals surface area contributed by atoms with Gasteiger partial charge in [0.15, 0.2) is 0 Å². The number of nitrogens with zero attached hydrogens (tertiary/aromatic N) is 2. The maximum atomic E-state index is 5.98. The zero-order valence-corrected chi connectivity index (χ0v) is 11.7. The van der Waals surface area contributed by atoms with Gasteiger partial charge in [-0.05, 0) is 26.2 Å². The molecule has 1 aromatic heterocycles. The highest BCUT2D eigenvalue weighted by Crippen LogP contribution is 2.22. The van der Waals surface area contributed by atoms with Crippen LogP contribution in [0.3, 0.4) is 0 Å². The summed E-state index contributed by atoms with van der Waals surface area (Å²) in [4.78, 5) is 0. The lowest BCUT2D eigenvalue weighted by atomic mass is 10.0. The van der Waals surface area contributed by atoms with E-state index in [1.807, 2.05) is 18.7 Å². The van der Waals surface area contributed by atoms with Crippen LogP contribution in [-0.4, -0.2) is 15.8 Å². The highest BCUT2D eigenvalue weighted by atomic mass is 15.3. The second-order valence-electron chi connectivity index (χ2n) is 5.34. The van der Waals surface area contributed by atoms with E-state index in [-0.39, 0.29) is 0 Å². The monoisotopic (exact) mass is 238 g/mol. The number of aromatic nitrogens is 2. The molecule has 0 fully saturated rings. The van der Waals surface area contributed by atoms with Crippen molar-refractivity contribution >= 4 is 11.5 Å². The van der Waals surface area contributed by atoms with Crippen molar-refractivity contribution in [2.24, 2.45) is 13.0 Å². The molecule has 0 radical (unpaired) electrons. The molecule has 98 valence electrons. The van der Waals surface area contributed by atoms with E-state index in [4.69, 9.17) is 5.73 Å². The van der Waals surface area contributed by atoms with Gasteiger partial charge >= 0.3 is 0 Å². The molecule has 3 N–H and O–H groups in total. The van der Waals surface area contributed by atoms with Crippen LogP contribution in [0.5, 0.6) is 0 Å². The maximum absolute atomic E-state index is 5.98. The van der Waals surface area contributed by atoms with Crippen molar-refractivity contribution in [3.05, 3.63) is 5.69 Å². The number of aryl methyl sites for hydroxylation is 2. The van der Waals surface area contributed by atoms with Gasteiger partial charge < -0.3 is 11.1 Å². The fourth-order valence-electron chi connectivity index (χ4n) is 1.98. The minimum atomic E-state index is 0.436. The molecule has 4 heteroatoms. The summed E-state index contributed by atoms with van der Waals surface area (Å²) in [6.07, 6.45) is 3.70. The number of anilines is 2. The number of rotatable bonds is 6. The minimum absolute atomic E-state index is 0.436. The summed E-state index contributed by atoms with van der Waals surface area (Å²) in [6, 6.07) is 0.436. The van der Waals surface area contributed by atoms with Crippen LogP contribution in [0.15, 0.2) is 0 Å². The standard InChI is InChI=1S/C13H26N4/c1-9(2)7-6-8-10(3)15-13-12(14)11(4)16-17(13)5/h9-10,15H,6-8,14H2,1-5H3. The van der Waals surface area contributed by atoms with Crippen LogP contribution in [0.25, 0.3) is 0 Å². The molecule has 1 rings (SSSR count). The summed E-state index contributed by atoms with van der Waals surface area (Å²) in [5.41, 5.74) is 7.64. The summed E-state index contributed by atoms with van der Waals surface area (Å²) in [6.45, 7) is 8.66. The normalized spacial score (nSPS) is 13.1. The van der Waals surface area contributed by atoms with Crippen LogP contribution in [0.1, 0.15) is 45.7 Å². The molecular formula is C13H26N4. The molecule has 0 spiro atoms. The Bertz CT molecular complexity index is 355. The first kappa shape index (κ1) is 13.9. The molecule has 0 aromatic carbocycles. The molecule has 0 bridgehead atoms. The molecular weight excluding hydrogens is 212 g/mol. The molecule has 0 saturated heterocycles. The van der Waals surface area contributed by atoms with E-state index < -0.39 is 0 Å². The molecule has 1 heterocycles. The van der Waals surface area contributed by atoms with Crippen molar-refractivity contribution in [1.82, 2.24) is 9.78 Å². The number of hydrogen-bond acceptors (Lipinski definition) is 3. The Morgan fingerprint density at radius 1 is 1.29 bits per heavy atom. The van der Waals surface area contributed by atoms with Gasteiger partial charge in [0.25, 0.3) is 0 Å². The molecule has 0 aliphatic heterocycles. The Kier molecular flexibility index (Phi) is 4.85. The lowest BCUT2D eigenvalue weighted by molar-refractivity contribution is 0.519. The Labute approximate surface area is 105 Å². The van der Waals surface area contributed by atoms with Gasteiger partial charge in [-0.1, -0.05) is 26.7 Å². The highest BCUT2D eigenvalue weighted by Gasteiger charge is 2.12. The highest BCUT2D eigenvalue weighted by molar-refractivity contribution is 5.64. The minimum Gasteiger partial charge on any atom is -0.394 e. The van der Waals surface area contributed by atoms with Gasteiger partial charge in [-0.25, -0.2) is 0 Å². The molecule has 4 nitrogen and oxygen atoms in total. The fraction of sp³-hybridized carbons (Fsp3) is 0.769. The van der Waals surface area contributed by atoms with Gasteiger partial charge in [-0.3, -0.25) is 4.68 Å². The molecule has 0 aliphatic rings. The largest absolute Gasteiger partial charge is 0.394 e. The molecule has 17 heavy (non-hydrogen) atoms. The van der Waals surface area contributed by atoms with Crippen LogP contribution in [-0.2, 0) is 7.05 Å². The van der Waals surface area contributed by atoms with E-state index >= 15 is 0 Å². The van der Waals surface area contributed by atoms with Gasteiger partial charge in [0.1, 0.15) is 5.82 Å². The Morgan fingerprint density at radius 3 is 2.41 bits per heavy atom. The van der Waals surface area contributed by atoms with Crippen LogP contribution < -0.4 is 11.1 Å². The van der Waals surface area contributed by atoms with E-state index in [9.17, 15) is 0 Å². The van der Waals surface area contributed by atoms with Crippen LogP contribution in [0, 0.1) is 12.8 Å². The predicted octanol–water partition coefficient (Wildman–Crippen LogP) is 2.94. The molecule has 0 aliphatic carbocycles. The van der Waals surface area contributed by atoms with Gasteiger partial charge in [0.05, 0.1) is 11.4 Å². The van der Waals surface area contributed by atoms with Crippen molar-refractivity contribution in [2.45, 2.75) is 53.0 Å². The van der Waals surface area contributed by atoms with Crippen LogP contribution in [0.4, 0.5) is 11.5 Å². The second-order valence-corrected chi connectivity index (χ2v) is 5.34. The number of nitrogens with one attached hydrogen (secondary N) is 1. The molecule has 1 atom stereocenters. The lowest BCUT2D eigenvalue weighted by Crippen LogP contribution is -2.18.